The minimum Gasteiger partial charge on any atom is -0.493 e. The van der Waals surface area contributed by atoms with Gasteiger partial charge in [-0.15, -0.1) is 0 Å². The minimum atomic E-state index is -0.621. The molecule has 0 spiro atoms. The average molecular weight is 279 g/mol. The molecule has 1 amide bonds. The molecule has 110 valence electrons. The van der Waals surface area contributed by atoms with Crippen molar-refractivity contribution in [2.24, 2.45) is 0 Å². The molecule has 5 heteroatoms. The predicted octanol–water partition coefficient (Wildman–Crippen LogP) is 1.83. The summed E-state index contributed by atoms with van der Waals surface area (Å²) in [7, 11) is 1.29. The van der Waals surface area contributed by atoms with Gasteiger partial charge in [0.25, 0.3) is 0 Å². The van der Waals surface area contributed by atoms with Crippen molar-refractivity contribution < 1.29 is 19.1 Å². The highest BCUT2D eigenvalue weighted by molar-refractivity contribution is 5.83. The maximum atomic E-state index is 11.6. The van der Waals surface area contributed by atoms with Crippen molar-refractivity contribution in [1.29, 1.82) is 0 Å². The second-order valence-corrected chi connectivity index (χ2v) is 4.53. The summed E-state index contributed by atoms with van der Waals surface area (Å²) in [6.07, 6.45) is 0.904. The van der Waals surface area contributed by atoms with Crippen LogP contribution >= 0.6 is 0 Å². The van der Waals surface area contributed by atoms with E-state index in [1.165, 1.54) is 7.11 Å². The maximum Gasteiger partial charge on any atom is 0.328 e. The van der Waals surface area contributed by atoms with Crippen LogP contribution in [0.4, 0.5) is 0 Å². The van der Waals surface area contributed by atoms with E-state index in [9.17, 15) is 9.59 Å². The number of methoxy groups -OCH3 is 1. The highest BCUT2D eigenvalue weighted by atomic mass is 16.5. The van der Waals surface area contributed by atoms with Crippen LogP contribution in [0.15, 0.2) is 24.3 Å². The standard InChI is InChI=1S/C15H21NO4/c1-11-7-4-5-8-13(11)20-10-6-9-14(17)16-12(2)15(18)19-3/h4-5,7-8,12H,6,9-10H2,1-3H3,(H,16,17). The SMILES string of the molecule is COC(=O)C(C)NC(=O)CCCOc1ccccc1C. The van der Waals surface area contributed by atoms with Crippen LogP contribution in [0.2, 0.25) is 0 Å². The number of carbonyl (C=O) groups is 2. The zero-order chi connectivity index (χ0) is 15.0. The van der Waals surface area contributed by atoms with Gasteiger partial charge in [0.05, 0.1) is 13.7 Å². The number of esters is 1. The van der Waals surface area contributed by atoms with Gasteiger partial charge in [0.1, 0.15) is 11.8 Å². The number of amides is 1. The number of nitrogens with one attached hydrogen (secondary N) is 1. The van der Waals surface area contributed by atoms with E-state index in [0.717, 1.165) is 11.3 Å². The van der Waals surface area contributed by atoms with E-state index in [1.54, 1.807) is 6.92 Å². The molecule has 0 aliphatic rings. The van der Waals surface area contributed by atoms with Gasteiger partial charge in [0.2, 0.25) is 5.91 Å². The quantitative estimate of drug-likeness (QED) is 0.611. The molecular formula is C15H21NO4. The molecule has 0 saturated carbocycles. The number of hydrogen-bond donors (Lipinski definition) is 1. The molecule has 0 radical (unpaired) electrons. The van der Waals surface area contributed by atoms with Gasteiger partial charge in [-0.25, -0.2) is 4.79 Å². The van der Waals surface area contributed by atoms with Crippen molar-refractivity contribution in [3.63, 3.8) is 0 Å². The third kappa shape index (κ3) is 5.30. The first-order valence-corrected chi connectivity index (χ1v) is 6.60. The summed E-state index contributed by atoms with van der Waals surface area (Å²) in [5, 5.41) is 2.57. The van der Waals surface area contributed by atoms with Crippen LogP contribution < -0.4 is 10.1 Å². The fourth-order valence-corrected chi connectivity index (χ4v) is 1.68. The largest absolute Gasteiger partial charge is 0.493 e. The molecule has 0 aliphatic heterocycles. The van der Waals surface area contributed by atoms with Crippen LogP contribution in [0.25, 0.3) is 0 Å². The number of aryl methyl sites for hydroxylation is 1. The van der Waals surface area contributed by atoms with Crippen LogP contribution in [-0.2, 0) is 14.3 Å². The second-order valence-electron chi connectivity index (χ2n) is 4.53. The average Bonchev–Trinajstić information content (AvgIpc) is 2.44. The highest BCUT2D eigenvalue weighted by Gasteiger charge is 2.15. The monoisotopic (exact) mass is 279 g/mol. The predicted molar refractivity (Wildman–Crippen MR) is 75.5 cm³/mol. The number of hydrogen-bond acceptors (Lipinski definition) is 4. The van der Waals surface area contributed by atoms with E-state index in [0.29, 0.717) is 19.4 Å². The molecule has 0 saturated heterocycles. The van der Waals surface area contributed by atoms with Gasteiger partial charge in [-0.05, 0) is 31.9 Å². The van der Waals surface area contributed by atoms with Gasteiger partial charge in [0, 0.05) is 6.42 Å². The summed E-state index contributed by atoms with van der Waals surface area (Å²) in [5.74, 6) is 0.196. The summed E-state index contributed by atoms with van der Waals surface area (Å²) in [4.78, 5) is 22.7. The lowest BCUT2D eigenvalue weighted by molar-refractivity contribution is -0.144. The van der Waals surface area contributed by atoms with Crippen molar-refractivity contribution >= 4 is 11.9 Å². The highest BCUT2D eigenvalue weighted by Crippen LogP contribution is 2.16. The Balaban J connectivity index is 2.23. The zero-order valence-electron chi connectivity index (χ0n) is 12.1. The number of carbonyl (C=O) groups excluding carboxylic acids is 2. The summed E-state index contributed by atoms with van der Waals surface area (Å²) >= 11 is 0. The molecule has 0 heterocycles. The third-order valence-electron chi connectivity index (χ3n) is 2.83. The van der Waals surface area contributed by atoms with Gasteiger partial charge in [-0.3, -0.25) is 4.79 Å². The second kappa shape index (κ2) is 8.19. The van der Waals surface area contributed by atoms with Gasteiger partial charge in [-0.2, -0.15) is 0 Å². The molecule has 0 aromatic heterocycles. The van der Waals surface area contributed by atoms with Crippen LogP contribution in [-0.4, -0.2) is 31.6 Å². The molecule has 0 bridgehead atoms. The van der Waals surface area contributed by atoms with Crippen LogP contribution in [0.3, 0.4) is 0 Å². The molecule has 1 aromatic rings. The van der Waals surface area contributed by atoms with Gasteiger partial charge in [-0.1, -0.05) is 18.2 Å². The van der Waals surface area contributed by atoms with Crippen LogP contribution in [0.1, 0.15) is 25.3 Å². The molecule has 1 aromatic carbocycles. The van der Waals surface area contributed by atoms with Gasteiger partial charge in [0.15, 0.2) is 0 Å². The van der Waals surface area contributed by atoms with Crippen molar-refractivity contribution in [2.45, 2.75) is 32.7 Å². The van der Waals surface area contributed by atoms with E-state index in [2.05, 4.69) is 10.1 Å². The third-order valence-corrected chi connectivity index (χ3v) is 2.83. The van der Waals surface area contributed by atoms with Gasteiger partial charge < -0.3 is 14.8 Å². The lowest BCUT2D eigenvalue weighted by Crippen LogP contribution is -2.39. The fourth-order valence-electron chi connectivity index (χ4n) is 1.68. The van der Waals surface area contributed by atoms with E-state index < -0.39 is 12.0 Å². The Morgan fingerprint density at radius 1 is 1.30 bits per heavy atom. The molecule has 0 aliphatic carbocycles. The summed E-state index contributed by atoms with van der Waals surface area (Å²) in [6.45, 7) is 4.03. The minimum absolute atomic E-state index is 0.184. The summed E-state index contributed by atoms with van der Waals surface area (Å²) in [6, 6.07) is 7.11. The van der Waals surface area contributed by atoms with Crippen molar-refractivity contribution in [3.8, 4) is 5.75 Å². The molecule has 0 fully saturated rings. The number of ether oxygens (including phenoxy) is 2. The molecule has 1 N–H and O–H groups in total. The van der Waals surface area contributed by atoms with Crippen LogP contribution in [0, 0.1) is 6.92 Å². The Morgan fingerprint density at radius 2 is 2.00 bits per heavy atom. The number of benzene rings is 1. The van der Waals surface area contributed by atoms with Crippen molar-refractivity contribution in [2.75, 3.05) is 13.7 Å². The molecule has 1 atom stereocenters. The normalized spacial score (nSPS) is 11.6. The van der Waals surface area contributed by atoms with E-state index in [4.69, 9.17) is 4.74 Å². The first kappa shape index (κ1) is 16.0. The smallest absolute Gasteiger partial charge is 0.328 e. The molecule has 1 unspecified atom stereocenters. The Morgan fingerprint density at radius 3 is 2.65 bits per heavy atom. The Bertz CT molecular complexity index is 459. The van der Waals surface area contributed by atoms with E-state index in [1.807, 2.05) is 31.2 Å². The molecule has 5 nitrogen and oxygen atoms in total. The zero-order valence-corrected chi connectivity index (χ0v) is 12.1. The van der Waals surface area contributed by atoms with E-state index in [-0.39, 0.29) is 5.91 Å². The maximum absolute atomic E-state index is 11.6. The van der Waals surface area contributed by atoms with E-state index >= 15 is 0 Å². The lowest BCUT2D eigenvalue weighted by Gasteiger charge is -2.12. The van der Waals surface area contributed by atoms with Gasteiger partial charge >= 0.3 is 5.97 Å². The number of rotatable bonds is 7. The Hall–Kier alpha value is -2.04. The molecule has 20 heavy (non-hydrogen) atoms. The first-order chi connectivity index (χ1) is 9.54. The summed E-state index contributed by atoms with van der Waals surface area (Å²) in [5.41, 5.74) is 1.07. The Labute approximate surface area is 119 Å². The fraction of sp³-hybridized carbons (Fsp3) is 0.467. The molecule has 1 rings (SSSR count). The lowest BCUT2D eigenvalue weighted by atomic mass is 10.2. The molecular weight excluding hydrogens is 258 g/mol. The van der Waals surface area contributed by atoms with Crippen molar-refractivity contribution in [1.82, 2.24) is 5.32 Å². The number of para-hydroxylation sites is 1. The van der Waals surface area contributed by atoms with Crippen molar-refractivity contribution in [3.05, 3.63) is 29.8 Å². The first-order valence-electron chi connectivity index (χ1n) is 6.60. The van der Waals surface area contributed by atoms with Crippen LogP contribution in [0.5, 0.6) is 5.75 Å². The summed E-state index contributed by atoms with van der Waals surface area (Å²) < 4.78 is 10.1. The Kier molecular flexibility index (Phi) is 6.56. The topological polar surface area (TPSA) is 64.6 Å².